The van der Waals surface area contributed by atoms with Crippen LogP contribution in [0, 0.1) is 11.5 Å². The number of nitrogens with zero attached hydrogens (tertiary/aromatic N) is 2. The van der Waals surface area contributed by atoms with Crippen molar-refractivity contribution in [3.63, 3.8) is 0 Å². The molecule has 1 rings (SSSR count). The normalized spacial score (nSPS) is 15.3. The molecule has 1 aromatic heterocycles. The monoisotopic (exact) mass is 372 g/mol. The largest absolute Gasteiger partial charge is 0.433 e. The third kappa shape index (κ3) is 4.62. The van der Waals surface area contributed by atoms with Gasteiger partial charge in [0, 0.05) is 0 Å². The molecule has 0 aliphatic heterocycles. The van der Waals surface area contributed by atoms with Crippen molar-refractivity contribution < 1.29 is 18.3 Å². The van der Waals surface area contributed by atoms with Gasteiger partial charge in [0.25, 0.3) is 0 Å². The summed E-state index contributed by atoms with van der Waals surface area (Å²) < 4.78 is 38.5. The lowest BCUT2D eigenvalue weighted by molar-refractivity contribution is -0.141. The molecule has 1 aromatic rings. The fourth-order valence-electron chi connectivity index (χ4n) is 3.51. The Hall–Kier alpha value is -1.39. The van der Waals surface area contributed by atoms with E-state index in [0.29, 0.717) is 16.6 Å². The number of halogens is 3. The van der Waals surface area contributed by atoms with Gasteiger partial charge in [0.2, 0.25) is 0 Å². The van der Waals surface area contributed by atoms with Crippen LogP contribution in [0.5, 0.6) is 0 Å². The van der Waals surface area contributed by atoms with E-state index in [1.807, 2.05) is 0 Å². The Bertz CT molecular complexity index is 636. The van der Waals surface area contributed by atoms with E-state index in [1.54, 1.807) is 0 Å². The van der Waals surface area contributed by atoms with Crippen molar-refractivity contribution >= 4 is 8.07 Å². The third-order valence-corrected chi connectivity index (χ3v) is 11.1. The summed E-state index contributed by atoms with van der Waals surface area (Å²) in [5.74, 6) is 2.85. The van der Waals surface area contributed by atoms with Gasteiger partial charge in [-0.3, -0.25) is 0 Å². The Kier molecular flexibility index (Phi) is 6.46. The summed E-state index contributed by atoms with van der Waals surface area (Å²) in [7, 11) is -2.11. The summed E-state index contributed by atoms with van der Waals surface area (Å²) in [6.07, 6.45) is -3.78. The molecule has 140 valence electrons. The minimum Gasteiger partial charge on any atom is -0.372 e. The molecular formula is C18H27F3N2OSi. The second kappa shape index (κ2) is 7.46. The zero-order valence-electron chi connectivity index (χ0n) is 15.9. The van der Waals surface area contributed by atoms with Gasteiger partial charge in [0.15, 0.2) is 5.60 Å². The first kappa shape index (κ1) is 21.6. The Morgan fingerprint density at radius 1 is 0.960 bits per heavy atom. The molecule has 1 heterocycles. The maximum atomic E-state index is 12.8. The van der Waals surface area contributed by atoms with Crippen LogP contribution in [0.15, 0.2) is 12.4 Å². The molecule has 0 radical (unpaired) electrons. The molecule has 0 saturated carbocycles. The van der Waals surface area contributed by atoms with Gasteiger partial charge < -0.3 is 5.11 Å². The van der Waals surface area contributed by atoms with Crippen LogP contribution in [0.25, 0.3) is 0 Å². The van der Waals surface area contributed by atoms with E-state index in [9.17, 15) is 18.3 Å². The molecule has 0 amide bonds. The number of aliphatic hydroxyl groups is 1. The maximum absolute atomic E-state index is 12.8. The maximum Gasteiger partial charge on any atom is 0.433 e. The lowest BCUT2D eigenvalue weighted by Gasteiger charge is -2.38. The smallest absolute Gasteiger partial charge is 0.372 e. The average Bonchev–Trinajstić information content (AvgIpc) is 2.45. The molecule has 25 heavy (non-hydrogen) atoms. The highest BCUT2D eigenvalue weighted by molar-refractivity contribution is 6.90. The highest BCUT2D eigenvalue weighted by Crippen LogP contribution is 2.41. The van der Waals surface area contributed by atoms with E-state index in [1.165, 1.54) is 6.92 Å². The number of hydrogen-bond donors (Lipinski definition) is 1. The van der Waals surface area contributed by atoms with Gasteiger partial charge >= 0.3 is 6.18 Å². The van der Waals surface area contributed by atoms with Crippen LogP contribution in [0.3, 0.4) is 0 Å². The van der Waals surface area contributed by atoms with Gasteiger partial charge in [-0.05, 0) is 29.6 Å². The fraction of sp³-hybridized carbons (Fsp3) is 0.667. The van der Waals surface area contributed by atoms with E-state index in [0.717, 1.165) is 12.4 Å². The van der Waals surface area contributed by atoms with Crippen LogP contribution in [-0.2, 0) is 11.8 Å². The second-order valence-electron chi connectivity index (χ2n) is 7.51. The molecule has 0 fully saturated rings. The number of alkyl halides is 3. The second-order valence-corrected chi connectivity index (χ2v) is 13.1. The van der Waals surface area contributed by atoms with Gasteiger partial charge in [0.05, 0.1) is 5.69 Å². The molecule has 1 atom stereocenters. The van der Waals surface area contributed by atoms with Crippen LogP contribution < -0.4 is 0 Å². The third-order valence-electron chi connectivity index (χ3n) is 4.84. The van der Waals surface area contributed by atoms with Gasteiger partial charge in [-0.1, -0.05) is 47.5 Å². The minimum atomic E-state index is -4.59. The lowest BCUT2D eigenvalue weighted by Crippen LogP contribution is -2.43. The molecule has 1 N–H and O–H groups in total. The lowest BCUT2D eigenvalue weighted by atomic mass is 10.0. The van der Waals surface area contributed by atoms with E-state index in [-0.39, 0.29) is 5.69 Å². The topological polar surface area (TPSA) is 46.0 Å². The molecule has 0 unspecified atom stereocenters. The van der Waals surface area contributed by atoms with E-state index in [4.69, 9.17) is 0 Å². The number of rotatable bonds is 4. The molecule has 0 bridgehead atoms. The molecule has 7 heteroatoms. The summed E-state index contributed by atoms with van der Waals surface area (Å²) in [5, 5.41) is 10.7. The van der Waals surface area contributed by atoms with E-state index >= 15 is 0 Å². The predicted molar refractivity (Wildman–Crippen MR) is 95.4 cm³/mol. The quantitative estimate of drug-likeness (QED) is 0.602. The van der Waals surface area contributed by atoms with Crippen molar-refractivity contribution in [1.82, 2.24) is 9.97 Å². The molecule has 0 spiro atoms. The standard InChI is InChI=1S/C18H27F3N2OSi/c1-12(2)25(13(3)4,14(5)6)9-8-17(7,24)15-10-16(18(19,20)21)23-11-22-15/h10-14,24H,1-7H3/t17-/m1/s1. The summed E-state index contributed by atoms with van der Waals surface area (Å²) in [6.45, 7) is 14.1. The van der Waals surface area contributed by atoms with Crippen molar-refractivity contribution in [1.29, 1.82) is 0 Å². The van der Waals surface area contributed by atoms with E-state index < -0.39 is 25.5 Å². The minimum absolute atomic E-state index is 0.138. The molecule has 0 aliphatic carbocycles. The van der Waals surface area contributed by atoms with Crippen LogP contribution in [0.2, 0.25) is 16.6 Å². The fourth-order valence-corrected chi connectivity index (χ4v) is 8.83. The molecule has 0 aliphatic rings. The Labute approximate surface area is 149 Å². The summed E-state index contributed by atoms with van der Waals surface area (Å²) in [6, 6.07) is 0.762. The first-order chi connectivity index (χ1) is 11.2. The van der Waals surface area contributed by atoms with Crippen molar-refractivity contribution in [3.05, 3.63) is 23.8 Å². The highest BCUT2D eigenvalue weighted by atomic mass is 28.3. The van der Waals surface area contributed by atoms with Crippen LogP contribution in [0.1, 0.15) is 59.9 Å². The number of hydrogen-bond acceptors (Lipinski definition) is 3. The summed E-state index contributed by atoms with van der Waals surface area (Å²) >= 11 is 0. The van der Waals surface area contributed by atoms with Gasteiger partial charge in [-0.25, -0.2) is 9.97 Å². The molecule has 3 nitrogen and oxygen atoms in total. The Morgan fingerprint density at radius 3 is 1.80 bits per heavy atom. The zero-order valence-corrected chi connectivity index (χ0v) is 16.9. The van der Waals surface area contributed by atoms with Crippen molar-refractivity contribution in [2.45, 2.75) is 76.9 Å². The van der Waals surface area contributed by atoms with Gasteiger partial charge in [-0.15, -0.1) is 5.54 Å². The summed E-state index contributed by atoms with van der Waals surface area (Å²) in [5.41, 5.74) is 1.40. The predicted octanol–water partition coefficient (Wildman–Crippen LogP) is 4.92. The Balaban J connectivity index is 3.40. The van der Waals surface area contributed by atoms with Crippen LogP contribution >= 0.6 is 0 Å². The van der Waals surface area contributed by atoms with Gasteiger partial charge in [0.1, 0.15) is 20.1 Å². The average molecular weight is 373 g/mol. The first-order valence-corrected chi connectivity index (χ1v) is 10.6. The molecule has 0 saturated heterocycles. The number of aromatic nitrogens is 2. The van der Waals surface area contributed by atoms with E-state index in [2.05, 4.69) is 63.0 Å². The van der Waals surface area contributed by atoms with Crippen molar-refractivity contribution in [2.24, 2.45) is 0 Å². The summed E-state index contributed by atoms with van der Waals surface area (Å²) in [4.78, 5) is 7.04. The SMILES string of the molecule is CC(C)[Si](C#C[C@@](C)(O)c1cc(C(F)(F)F)ncn1)(C(C)C)C(C)C. The first-order valence-electron chi connectivity index (χ1n) is 8.41. The van der Waals surface area contributed by atoms with Crippen molar-refractivity contribution in [3.8, 4) is 11.5 Å². The van der Waals surface area contributed by atoms with Crippen LogP contribution in [-0.4, -0.2) is 23.1 Å². The Morgan fingerprint density at radius 2 is 1.40 bits per heavy atom. The molecular weight excluding hydrogens is 345 g/mol. The zero-order chi connectivity index (χ0) is 19.6. The van der Waals surface area contributed by atoms with Crippen LogP contribution in [0.4, 0.5) is 13.2 Å². The molecule has 0 aromatic carbocycles. The van der Waals surface area contributed by atoms with Crippen molar-refractivity contribution in [2.75, 3.05) is 0 Å². The van der Waals surface area contributed by atoms with Gasteiger partial charge in [-0.2, -0.15) is 13.2 Å². The highest BCUT2D eigenvalue weighted by Gasteiger charge is 2.42.